The first-order valence-electron chi connectivity index (χ1n) is 11.6. The van der Waals surface area contributed by atoms with Crippen LogP contribution in [-0.2, 0) is 6.61 Å². The fourth-order valence-electron chi connectivity index (χ4n) is 3.71. The van der Waals surface area contributed by atoms with Gasteiger partial charge in [-0.1, -0.05) is 29.4 Å². The zero-order valence-electron chi connectivity index (χ0n) is 19.8. The summed E-state index contributed by atoms with van der Waals surface area (Å²) in [5, 5.41) is 12.0. The Morgan fingerprint density at radius 2 is 1.84 bits per heavy atom. The quantitative estimate of drug-likeness (QED) is 0.126. The van der Waals surface area contributed by atoms with Crippen molar-refractivity contribution in [2.75, 3.05) is 6.73 Å². The average Bonchev–Trinajstić information content (AvgIpc) is 3.57. The molecule has 2 aromatic carbocycles. The van der Waals surface area contributed by atoms with Crippen LogP contribution in [0.1, 0.15) is 28.2 Å². The van der Waals surface area contributed by atoms with Crippen LogP contribution in [-0.4, -0.2) is 26.9 Å². The molecule has 0 fully saturated rings. The molecule has 0 bridgehead atoms. The number of para-hydroxylation sites is 1. The van der Waals surface area contributed by atoms with Crippen LogP contribution >= 0.6 is 0 Å². The normalized spacial score (nSPS) is 11.2. The number of azide groups is 1. The molecule has 0 amide bonds. The topological polar surface area (TPSA) is 125 Å². The lowest BCUT2D eigenvalue weighted by atomic mass is 10.1. The molecule has 5 aromatic rings. The Morgan fingerprint density at radius 1 is 0.919 bits per heavy atom. The smallest absolute Gasteiger partial charge is 0.167 e. The summed E-state index contributed by atoms with van der Waals surface area (Å²) in [7, 11) is 0. The highest BCUT2D eigenvalue weighted by molar-refractivity contribution is 5.84. The van der Waals surface area contributed by atoms with Gasteiger partial charge in [-0.05, 0) is 71.6 Å². The monoisotopic (exact) mass is 489 g/mol. The van der Waals surface area contributed by atoms with E-state index >= 15 is 0 Å². The summed E-state index contributed by atoms with van der Waals surface area (Å²) in [4.78, 5) is 10.2. The minimum Gasteiger partial charge on any atom is -0.489 e. The van der Waals surface area contributed by atoms with Crippen molar-refractivity contribution in [1.82, 2.24) is 20.2 Å². The highest BCUT2D eigenvalue weighted by atomic mass is 16.5. The fraction of sp³-hybridized carbons (Fsp3) is 0.0714. The van der Waals surface area contributed by atoms with Crippen LogP contribution in [0.15, 0.2) is 84.2 Å². The Kier molecular flexibility index (Phi) is 7.26. The van der Waals surface area contributed by atoms with E-state index in [2.05, 4.69) is 48.4 Å². The zero-order chi connectivity index (χ0) is 25.3. The van der Waals surface area contributed by atoms with Crippen molar-refractivity contribution < 1.29 is 9.47 Å². The average molecular weight is 490 g/mol. The first-order valence-corrected chi connectivity index (χ1v) is 11.6. The first kappa shape index (κ1) is 23.5. The van der Waals surface area contributed by atoms with E-state index in [4.69, 9.17) is 15.0 Å². The van der Waals surface area contributed by atoms with Crippen LogP contribution in [0, 0.1) is 0 Å². The number of benzene rings is 2. The Labute approximate surface area is 212 Å². The van der Waals surface area contributed by atoms with Gasteiger partial charge in [0.05, 0.1) is 11.4 Å². The number of nitrogens with one attached hydrogen (secondary N) is 2. The molecular weight excluding hydrogens is 466 g/mol. The van der Waals surface area contributed by atoms with Crippen LogP contribution in [0.5, 0.6) is 11.5 Å². The molecule has 0 radical (unpaired) electrons. The van der Waals surface area contributed by atoms with E-state index in [-0.39, 0.29) is 6.73 Å². The van der Waals surface area contributed by atoms with Gasteiger partial charge in [0.25, 0.3) is 0 Å². The van der Waals surface area contributed by atoms with Gasteiger partial charge in [0.2, 0.25) is 0 Å². The highest BCUT2D eigenvalue weighted by Gasteiger charge is 2.06. The van der Waals surface area contributed by atoms with Gasteiger partial charge in [0.15, 0.2) is 6.73 Å². The third-order valence-electron chi connectivity index (χ3n) is 5.50. The van der Waals surface area contributed by atoms with Crippen molar-refractivity contribution in [3.8, 4) is 11.5 Å². The molecule has 3 aromatic heterocycles. The molecule has 9 heteroatoms. The standard InChI is InChI=1S/C28H23N7O2/c29-35-31-19-37-28-16-26(36-18-20-4-3-13-30-17-20)12-8-21(28)7-9-24-15-25(34-33-24)11-10-23-14-22-5-1-2-6-27(22)32-23/h1-17,32H,18-19H2,(H,33,34)/b9-7+,11-10+. The number of hydrogen-bond acceptors (Lipinski definition) is 5. The van der Waals surface area contributed by atoms with E-state index in [1.54, 1.807) is 18.5 Å². The van der Waals surface area contributed by atoms with Crippen molar-refractivity contribution >= 4 is 35.2 Å². The summed E-state index contributed by atoms with van der Waals surface area (Å²) >= 11 is 0. The number of fused-ring (bicyclic) bond motifs is 1. The number of rotatable bonds is 10. The summed E-state index contributed by atoms with van der Waals surface area (Å²) in [5.74, 6) is 1.16. The van der Waals surface area contributed by atoms with Crippen molar-refractivity contribution in [2.24, 2.45) is 5.11 Å². The lowest BCUT2D eigenvalue weighted by Crippen LogP contribution is -1.98. The maximum absolute atomic E-state index is 8.60. The Bertz CT molecular complexity index is 1560. The van der Waals surface area contributed by atoms with Gasteiger partial charge in [0.1, 0.15) is 18.1 Å². The molecule has 9 nitrogen and oxygen atoms in total. The number of aromatic amines is 2. The van der Waals surface area contributed by atoms with Crippen molar-refractivity contribution in [2.45, 2.75) is 6.61 Å². The van der Waals surface area contributed by atoms with Gasteiger partial charge in [-0.15, -0.1) is 0 Å². The number of nitrogens with zero attached hydrogens (tertiary/aromatic N) is 5. The van der Waals surface area contributed by atoms with Crippen LogP contribution in [0.2, 0.25) is 0 Å². The van der Waals surface area contributed by atoms with Crippen molar-refractivity contribution in [1.29, 1.82) is 0 Å². The molecule has 0 aliphatic rings. The van der Waals surface area contributed by atoms with Gasteiger partial charge in [-0.25, -0.2) is 0 Å². The molecule has 182 valence electrons. The molecule has 0 unspecified atom stereocenters. The third-order valence-corrected chi connectivity index (χ3v) is 5.50. The molecule has 0 spiro atoms. The highest BCUT2D eigenvalue weighted by Crippen LogP contribution is 2.27. The maximum atomic E-state index is 8.60. The van der Waals surface area contributed by atoms with E-state index in [1.165, 1.54) is 5.39 Å². The number of ether oxygens (including phenoxy) is 2. The van der Waals surface area contributed by atoms with Crippen LogP contribution in [0.3, 0.4) is 0 Å². The van der Waals surface area contributed by atoms with Gasteiger partial charge in [-0.2, -0.15) is 5.10 Å². The number of H-pyrrole nitrogens is 2. The van der Waals surface area contributed by atoms with E-state index in [0.717, 1.165) is 33.7 Å². The van der Waals surface area contributed by atoms with Crippen molar-refractivity contribution in [3.05, 3.63) is 118 Å². The minimum atomic E-state index is -0.130. The molecule has 0 saturated carbocycles. The Morgan fingerprint density at radius 3 is 2.70 bits per heavy atom. The molecule has 0 aliphatic heterocycles. The lowest BCUT2D eigenvalue weighted by molar-refractivity contribution is 0.297. The lowest BCUT2D eigenvalue weighted by Gasteiger charge is -2.11. The Balaban J connectivity index is 1.28. The molecule has 2 N–H and O–H groups in total. The second-order valence-corrected chi connectivity index (χ2v) is 8.08. The van der Waals surface area contributed by atoms with E-state index in [0.29, 0.717) is 18.1 Å². The van der Waals surface area contributed by atoms with E-state index in [1.807, 2.05) is 66.8 Å². The fourth-order valence-corrected chi connectivity index (χ4v) is 3.71. The van der Waals surface area contributed by atoms with Gasteiger partial charge >= 0.3 is 0 Å². The first-order chi connectivity index (χ1) is 18.3. The van der Waals surface area contributed by atoms with Crippen LogP contribution in [0.25, 0.3) is 45.6 Å². The Hall–Kier alpha value is -5.27. The van der Waals surface area contributed by atoms with E-state index in [9.17, 15) is 0 Å². The summed E-state index contributed by atoms with van der Waals surface area (Å²) in [6, 6.07) is 21.5. The predicted molar refractivity (Wildman–Crippen MR) is 144 cm³/mol. The SMILES string of the molecule is [N-]=[N+]=NCOc1cc(OCc2cccnc2)ccc1/C=C/c1cc(/C=C/c2cc3ccccc3[nH]2)[nH]n1. The minimum absolute atomic E-state index is 0.130. The number of pyridine rings is 1. The molecule has 37 heavy (non-hydrogen) atoms. The van der Waals surface area contributed by atoms with Crippen molar-refractivity contribution in [3.63, 3.8) is 0 Å². The molecular formula is C28H23N7O2. The van der Waals surface area contributed by atoms with Crippen LogP contribution < -0.4 is 9.47 Å². The largest absolute Gasteiger partial charge is 0.489 e. The molecule has 5 rings (SSSR count). The predicted octanol–water partition coefficient (Wildman–Crippen LogP) is 6.85. The van der Waals surface area contributed by atoms with E-state index < -0.39 is 0 Å². The molecule has 0 aliphatic carbocycles. The van der Waals surface area contributed by atoms with Crippen LogP contribution in [0.4, 0.5) is 0 Å². The van der Waals surface area contributed by atoms with Gasteiger partial charge < -0.3 is 14.5 Å². The summed E-state index contributed by atoms with van der Waals surface area (Å²) < 4.78 is 11.5. The molecule has 0 saturated heterocycles. The second-order valence-electron chi connectivity index (χ2n) is 8.08. The second kappa shape index (κ2) is 11.4. The summed E-state index contributed by atoms with van der Waals surface area (Å²) in [5.41, 5.74) is 14.1. The molecule has 3 heterocycles. The van der Waals surface area contributed by atoms with Gasteiger partial charge in [-0.3, -0.25) is 10.1 Å². The van der Waals surface area contributed by atoms with Gasteiger partial charge in [0, 0.05) is 45.7 Å². The number of hydrogen-bond donors (Lipinski definition) is 2. The number of aromatic nitrogens is 4. The maximum Gasteiger partial charge on any atom is 0.167 e. The summed E-state index contributed by atoms with van der Waals surface area (Å²) in [6.45, 7) is 0.245. The third kappa shape index (κ3) is 6.25. The molecule has 0 atom stereocenters. The zero-order valence-corrected chi connectivity index (χ0v) is 19.8. The summed E-state index contributed by atoms with van der Waals surface area (Å²) in [6.07, 6.45) is 11.2.